The quantitative estimate of drug-likeness (QED) is 0.703. The Hall–Kier alpha value is -2.47. The zero-order chi connectivity index (χ0) is 17.9. The van der Waals surface area contributed by atoms with Crippen molar-refractivity contribution in [3.63, 3.8) is 0 Å². The van der Waals surface area contributed by atoms with Gasteiger partial charge < -0.3 is 4.57 Å². The maximum Gasteiger partial charge on any atom is 0.148 e. The van der Waals surface area contributed by atoms with Crippen LogP contribution in [0.3, 0.4) is 0 Å². The normalized spacial score (nSPS) is 18.3. The number of likely N-dealkylation sites (tertiary alicyclic amines) is 1. The lowest BCUT2D eigenvalue weighted by Gasteiger charge is -2.32. The lowest BCUT2D eigenvalue weighted by Crippen LogP contribution is -2.34. The van der Waals surface area contributed by atoms with Gasteiger partial charge in [-0.15, -0.1) is 0 Å². The third kappa shape index (κ3) is 3.42. The summed E-state index contributed by atoms with van der Waals surface area (Å²) >= 11 is 0. The van der Waals surface area contributed by atoms with Crippen LogP contribution in [0.4, 0.5) is 4.39 Å². The first-order valence-corrected chi connectivity index (χ1v) is 9.26. The van der Waals surface area contributed by atoms with E-state index in [1.54, 1.807) is 16.8 Å². The second kappa shape index (κ2) is 7.41. The predicted molar refractivity (Wildman–Crippen MR) is 98.7 cm³/mol. The molecule has 1 unspecified atom stereocenters. The van der Waals surface area contributed by atoms with Gasteiger partial charge in [0.25, 0.3) is 0 Å². The molecule has 0 saturated carbocycles. The number of aromatic nitrogens is 4. The van der Waals surface area contributed by atoms with Gasteiger partial charge in [-0.05, 0) is 38.4 Å². The highest BCUT2D eigenvalue weighted by atomic mass is 19.1. The molecule has 1 aromatic carbocycles. The molecule has 4 rings (SSSR count). The van der Waals surface area contributed by atoms with Crippen LogP contribution >= 0.6 is 0 Å². The fourth-order valence-electron chi connectivity index (χ4n) is 3.83. The van der Waals surface area contributed by atoms with Gasteiger partial charge in [-0.25, -0.2) is 14.1 Å². The van der Waals surface area contributed by atoms with Gasteiger partial charge in [0.05, 0.1) is 6.20 Å². The number of rotatable bonds is 5. The van der Waals surface area contributed by atoms with Crippen molar-refractivity contribution in [1.29, 1.82) is 0 Å². The standard InChI is InChI=1S/C20H24FN5/c1-2-25-11-9-22-20(25)17-6-5-10-24(15-17)13-16-12-23-26(14-16)19-8-4-3-7-18(19)21/h3-4,7-9,11-12,14,17H,2,5-6,10,13,15H2,1H3. The van der Waals surface area contributed by atoms with E-state index in [2.05, 4.69) is 32.7 Å². The van der Waals surface area contributed by atoms with Gasteiger partial charge in [0.15, 0.2) is 0 Å². The van der Waals surface area contributed by atoms with Crippen molar-refractivity contribution in [3.8, 4) is 5.69 Å². The predicted octanol–water partition coefficient (Wildman–Crippen LogP) is 3.61. The number of imidazole rings is 1. The van der Waals surface area contributed by atoms with Gasteiger partial charge >= 0.3 is 0 Å². The largest absolute Gasteiger partial charge is 0.335 e. The summed E-state index contributed by atoms with van der Waals surface area (Å²) in [4.78, 5) is 7.03. The van der Waals surface area contributed by atoms with E-state index in [1.165, 1.54) is 24.7 Å². The van der Waals surface area contributed by atoms with Gasteiger partial charge in [0, 0.05) is 49.7 Å². The second-order valence-corrected chi connectivity index (χ2v) is 6.89. The summed E-state index contributed by atoms with van der Waals surface area (Å²) in [6.45, 7) is 6.03. The lowest BCUT2D eigenvalue weighted by molar-refractivity contribution is 0.195. The van der Waals surface area contributed by atoms with Crippen molar-refractivity contribution in [3.05, 3.63) is 66.3 Å². The molecule has 6 heteroatoms. The van der Waals surface area contributed by atoms with Crippen molar-refractivity contribution in [2.24, 2.45) is 0 Å². The van der Waals surface area contributed by atoms with Crippen LogP contribution in [-0.2, 0) is 13.1 Å². The molecule has 3 heterocycles. The molecule has 0 bridgehead atoms. The molecule has 3 aromatic rings. The molecule has 0 amide bonds. The molecular formula is C20H24FN5. The average molecular weight is 353 g/mol. The van der Waals surface area contributed by atoms with E-state index in [9.17, 15) is 4.39 Å². The van der Waals surface area contributed by atoms with E-state index in [0.717, 1.165) is 31.7 Å². The maximum absolute atomic E-state index is 13.9. The van der Waals surface area contributed by atoms with Crippen LogP contribution in [0.25, 0.3) is 5.69 Å². The summed E-state index contributed by atoms with van der Waals surface area (Å²) in [7, 11) is 0. The van der Waals surface area contributed by atoms with E-state index in [-0.39, 0.29) is 5.82 Å². The van der Waals surface area contributed by atoms with Gasteiger partial charge in [0.1, 0.15) is 17.3 Å². The first-order chi connectivity index (χ1) is 12.7. The summed E-state index contributed by atoms with van der Waals surface area (Å²) in [6, 6.07) is 6.72. The van der Waals surface area contributed by atoms with Crippen molar-refractivity contribution in [2.75, 3.05) is 13.1 Å². The van der Waals surface area contributed by atoms with Gasteiger partial charge in [-0.2, -0.15) is 5.10 Å². The highest BCUT2D eigenvalue weighted by molar-refractivity contribution is 5.32. The number of benzene rings is 1. The average Bonchev–Trinajstić information content (AvgIpc) is 3.31. The smallest absolute Gasteiger partial charge is 0.148 e. The topological polar surface area (TPSA) is 38.9 Å². The molecule has 26 heavy (non-hydrogen) atoms. The fourth-order valence-corrected chi connectivity index (χ4v) is 3.83. The highest BCUT2D eigenvalue weighted by Crippen LogP contribution is 2.27. The van der Waals surface area contributed by atoms with Gasteiger partial charge in [-0.3, -0.25) is 4.90 Å². The number of hydrogen-bond donors (Lipinski definition) is 0. The highest BCUT2D eigenvalue weighted by Gasteiger charge is 2.24. The molecule has 1 fully saturated rings. The number of nitrogens with zero attached hydrogens (tertiary/aromatic N) is 5. The molecule has 0 spiro atoms. The summed E-state index contributed by atoms with van der Waals surface area (Å²) < 4.78 is 17.8. The Morgan fingerprint density at radius 2 is 2.15 bits per heavy atom. The zero-order valence-electron chi connectivity index (χ0n) is 15.1. The van der Waals surface area contributed by atoms with Gasteiger partial charge in [0.2, 0.25) is 0 Å². The van der Waals surface area contributed by atoms with Crippen molar-refractivity contribution < 1.29 is 4.39 Å². The van der Waals surface area contributed by atoms with Crippen molar-refractivity contribution in [2.45, 2.75) is 38.8 Å². The first kappa shape index (κ1) is 17.0. The van der Waals surface area contributed by atoms with Crippen molar-refractivity contribution >= 4 is 0 Å². The monoisotopic (exact) mass is 353 g/mol. The Bertz CT molecular complexity index is 868. The van der Waals surface area contributed by atoms with Crippen LogP contribution in [0.5, 0.6) is 0 Å². The number of hydrogen-bond acceptors (Lipinski definition) is 3. The Labute approximate surface area is 153 Å². The summed E-state index contributed by atoms with van der Waals surface area (Å²) in [5.74, 6) is 1.41. The van der Waals surface area contributed by atoms with E-state index in [4.69, 9.17) is 0 Å². The van der Waals surface area contributed by atoms with E-state index in [1.807, 2.05) is 24.7 Å². The molecule has 1 aliphatic heterocycles. The summed E-state index contributed by atoms with van der Waals surface area (Å²) in [5, 5.41) is 4.34. The Balaban J connectivity index is 1.45. The number of aryl methyl sites for hydroxylation is 1. The first-order valence-electron chi connectivity index (χ1n) is 9.26. The molecule has 5 nitrogen and oxygen atoms in total. The molecule has 0 N–H and O–H groups in total. The number of para-hydroxylation sites is 1. The molecule has 1 saturated heterocycles. The zero-order valence-corrected chi connectivity index (χ0v) is 15.1. The SMILES string of the molecule is CCn1ccnc1C1CCCN(Cc2cnn(-c3ccccc3F)c2)C1. The minimum absolute atomic E-state index is 0.258. The molecule has 136 valence electrons. The lowest BCUT2D eigenvalue weighted by atomic mass is 9.97. The van der Waals surface area contributed by atoms with E-state index in [0.29, 0.717) is 11.6 Å². The minimum atomic E-state index is -0.258. The van der Waals surface area contributed by atoms with Crippen LogP contribution in [0.2, 0.25) is 0 Å². The van der Waals surface area contributed by atoms with Crippen LogP contribution in [0.15, 0.2) is 49.1 Å². The molecule has 0 radical (unpaired) electrons. The van der Waals surface area contributed by atoms with Crippen LogP contribution in [-0.4, -0.2) is 37.3 Å². The third-order valence-electron chi connectivity index (χ3n) is 5.10. The van der Waals surface area contributed by atoms with Crippen LogP contribution < -0.4 is 0 Å². The van der Waals surface area contributed by atoms with Crippen molar-refractivity contribution in [1.82, 2.24) is 24.2 Å². The minimum Gasteiger partial charge on any atom is -0.335 e. The number of halogens is 1. The fraction of sp³-hybridized carbons (Fsp3) is 0.400. The second-order valence-electron chi connectivity index (χ2n) is 6.89. The third-order valence-corrected chi connectivity index (χ3v) is 5.10. The Morgan fingerprint density at radius 3 is 3.00 bits per heavy atom. The van der Waals surface area contributed by atoms with Crippen LogP contribution in [0.1, 0.15) is 37.1 Å². The van der Waals surface area contributed by atoms with Gasteiger partial charge in [-0.1, -0.05) is 12.1 Å². The molecule has 2 aromatic heterocycles. The maximum atomic E-state index is 13.9. The molecule has 0 aliphatic carbocycles. The Kier molecular flexibility index (Phi) is 4.84. The van der Waals surface area contributed by atoms with E-state index >= 15 is 0 Å². The summed E-state index contributed by atoms with van der Waals surface area (Å²) in [5.41, 5.74) is 1.59. The molecule has 1 atom stereocenters. The molecule has 1 aliphatic rings. The Morgan fingerprint density at radius 1 is 1.27 bits per heavy atom. The molecular weight excluding hydrogens is 329 g/mol. The number of piperidine rings is 1. The van der Waals surface area contributed by atoms with E-state index < -0.39 is 0 Å². The summed E-state index contributed by atoms with van der Waals surface area (Å²) in [6.07, 6.45) is 10.1. The van der Waals surface area contributed by atoms with Crippen LogP contribution in [0, 0.1) is 5.82 Å².